The van der Waals surface area contributed by atoms with E-state index in [0.29, 0.717) is 18.0 Å². The molecule has 0 aliphatic heterocycles. The van der Waals surface area contributed by atoms with Crippen molar-refractivity contribution in [2.24, 2.45) is 5.92 Å². The number of para-hydroxylation sites is 2. The maximum absolute atomic E-state index is 12.4. The fourth-order valence-electron chi connectivity index (χ4n) is 2.77. The Bertz CT molecular complexity index is 870. The lowest BCUT2D eigenvalue weighted by atomic mass is 10.1. The Hall–Kier alpha value is -2.14. The Labute approximate surface area is 156 Å². The first-order valence-corrected chi connectivity index (χ1v) is 9.35. The van der Waals surface area contributed by atoms with E-state index in [1.165, 1.54) is 0 Å². The molecule has 4 nitrogen and oxygen atoms in total. The van der Waals surface area contributed by atoms with Crippen LogP contribution in [0.5, 0.6) is 0 Å². The summed E-state index contributed by atoms with van der Waals surface area (Å²) < 4.78 is 3.19. The fraction of sp³-hybridized carbons (Fsp3) is 0.300. The van der Waals surface area contributed by atoms with Gasteiger partial charge in [0.2, 0.25) is 0 Å². The van der Waals surface area contributed by atoms with Crippen molar-refractivity contribution in [3.8, 4) is 0 Å². The Morgan fingerprint density at radius 1 is 1.20 bits per heavy atom. The third-order valence-corrected chi connectivity index (χ3v) is 4.97. The molecule has 0 bridgehead atoms. The second-order valence-corrected chi connectivity index (χ2v) is 7.25. The van der Waals surface area contributed by atoms with Gasteiger partial charge in [0.05, 0.1) is 17.6 Å². The van der Waals surface area contributed by atoms with E-state index in [-0.39, 0.29) is 5.91 Å². The van der Waals surface area contributed by atoms with Gasteiger partial charge in [-0.15, -0.1) is 0 Å². The topological polar surface area (TPSA) is 46.9 Å². The molecule has 0 spiro atoms. The van der Waals surface area contributed by atoms with Gasteiger partial charge >= 0.3 is 0 Å². The minimum Gasteiger partial charge on any atom is -0.345 e. The van der Waals surface area contributed by atoms with Crippen LogP contribution < -0.4 is 5.32 Å². The molecule has 3 aromatic rings. The molecule has 25 heavy (non-hydrogen) atoms. The summed E-state index contributed by atoms with van der Waals surface area (Å²) in [6.07, 6.45) is 1.11. The molecule has 1 atom stereocenters. The lowest BCUT2D eigenvalue weighted by molar-refractivity contribution is 0.0949. The molecule has 1 unspecified atom stereocenters. The first kappa shape index (κ1) is 17.7. The average Bonchev–Trinajstić information content (AvgIpc) is 2.98. The maximum Gasteiger partial charge on any atom is 0.251 e. The smallest absolute Gasteiger partial charge is 0.251 e. The number of nitrogens with one attached hydrogen (secondary N) is 1. The van der Waals surface area contributed by atoms with Crippen LogP contribution in [0.4, 0.5) is 0 Å². The van der Waals surface area contributed by atoms with E-state index in [9.17, 15) is 4.79 Å². The summed E-state index contributed by atoms with van der Waals surface area (Å²) in [6.45, 7) is 5.75. The third kappa shape index (κ3) is 4.10. The van der Waals surface area contributed by atoms with E-state index >= 15 is 0 Å². The largest absolute Gasteiger partial charge is 0.345 e. The zero-order valence-corrected chi connectivity index (χ0v) is 16.1. The highest BCUT2D eigenvalue weighted by Crippen LogP contribution is 2.19. The van der Waals surface area contributed by atoms with Crippen molar-refractivity contribution in [3.63, 3.8) is 0 Å². The van der Waals surface area contributed by atoms with Crippen LogP contribution in [0.15, 0.2) is 53.0 Å². The molecule has 2 aromatic carbocycles. The first-order chi connectivity index (χ1) is 12.1. The highest BCUT2D eigenvalue weighted by atomic mass is 79.9. The van der Waals surface area contributed by atoms with Crippen molar-refractivity contribution < 1.29 is 4.79 Å². The van der Waals surface area contributed by atoms with E-state index in [1.807, 2.05) is 42.5 Å². The molecule has 0 aliphatic rings. The zero-order valence-electron chi connectivity index (χ0n) is 14.5. The maximum atomic E-state index is 12.4. The van der Waals surface area contributed by atoms with Crippen LogP contribution >= 0.6 is 15.9 Å². The monoisotopic (exact) mass is 399 g/mol. The summed E-state index contributed by atoms with van der Waals surface area (Å²) >= 11 is 3.38. The number of halogens is 1. The lowest BCUT2D eigenvalue weighted by Crippen LogP contribution is -2.25. The lowest BCUT2D eigenvalue weighted by Gasteiger charge is -2.14. The normalized spacial score (nSPS) is 12.3. The van der Waals surface area contributed by atoms with E-state index in [0.717, 1.165) is 34.3 Å². The molecule has 0 aliphatic carbocycles. The summed E-state index contributed by atoms with van der Waals surface area (Å²) in [6, 6.07) is 15.5. The van der Waals surface area contributed by atoms with Crippen molar-refractivity contribution in [2.45, 2.75) is 33.4 Å². The molecule has 1 aromatic heterocycles. The molecular formula is C20H22BrN3O. The van der Waals surface area contributed by atoms with Gasteiger partial charge in [0.15, 0.2) is 0 Å². The summed E-state index contributed by atoms with van der Waals surface area (Å²) in [7, 11) is 0. The highest BCUT2D eigenvalue weighted by Gasteiger charge is 2.14. The molecule has 5 heteroatoms. The Kier molecular flexibility index (Phi) is 5.53. The van der Waals surface area contributed by atoms with Crippen LogP contribution in [0.1, 0.15) is 36.5 Å². The fourth-order valence-corrected chi connectivity index (χ4v) is 3.03. The second kappa shape index (κ2) is 7.83. The molecule has 1 N–H and O–H groups in total. The predicted molar refractivity (Wildman–Crippen MR) is 105 cm³/mol. The molecule has 1 heterocycles. The molecule has 1 amide bonds. The van der Waals surface area contributed by atoms with Crippen LogP contribution in [0.25, 0.3) is 11.0 Å². The van der Waals surface area contributed by atoms with E-state index in [1.54, 1.807) is 0 Å². The number of imidazole rings is 1. The molecule has 0 radical (unpaired) electrons. The summed E-state index contributed by atoms with van der Waals surface area (Å²) in [5.41, 5.74) is 2.74. The summed E-state index contributed by atoms with van der Waals surface area (Å²) in [5, 5.41) is 2.99. The SMILES string of the molecule is CCC(C)Cn1c(CNC(=O)c2ccc(Br)cc2)nc2ccccc21. The van der Waals surface area contributed by atoms with Gasteiger partial charge in [-0.1, -0.05) is 48.3 Å². The predicted octanol–water partition coefficient (Wildman–Crippen LogP) is 4.77. The number of hydrogen-bond donors (Lipinski definition) is 1. The minimum absolute atomic E-state index is 0.0883. The standard InChI is InChI=1S/C20H22BrN3O/c1-3-14(2)13-24-18-7-5-4-6-17(18)23-19(24)12-22-20(25)15-8-10-16(21)11-9-15/h4-11,14H,3,12-13H2,1-2H3,(H,22,25). The van der Waals surface area contributed by atoms with Crippen molar-refractivity contribution in [1.82, 2.24) is 14.9 Å². The van der Waals surface area contributed by atoms with Gasteiger partial charge in [-0.2, -0.15) is 0 Å². The molecular weight excluding hydrogens is 378 g/mol. The molecule has 0 saturated carbocycles. The number of carbonyl (C=O) groups excluding carboxylic acids is 1. The number of benzene rings is 2. The van der Waals surface area contributed by atoms with Gasteiger partial charge < -0.3 is 9.88 Å². The Morgan fingerprint density at radius 2 is 1.92 bits per heavy atom. The van der Waals surface area contributed by atoms with Gasteiger partial charge in [-0.3, -0.25) is 4.79 Å². The van der Waals surface area contributed by atoms with Gasteiger partial charge in [0.1, 0.15) is 5.82 Å². The van der Waals surface area contributed by atoms with Crippen LogP contribution in [-0.2, 0) is 13.1 Å². The third-order valence-electron chi connectivity index (χ3n) is 4.44. The summed E-state index contributed by atoms with van der Waals surface area (Å²) in [5.74, 6) is 1.36. The van der Waals surface area contributed by atoms with E-state index in [4.69, 9.17) is 4.98 Å². The number of hydrogen-bond acceptors (Lipinski definition) is 2. The quantitative estimate of drug-likeness (QED) is 0.648. The number of carbonyl (C=O) groups is 1. The molecule has 130 valence electrons. The average molecular weight is 400 g/mol. The Morgan fingerprint density at radius 3 is 2.64 bits per heavy atom. The van der Waals surface area contributed by atoms with Crippen molar-refractivity contribution >= 4 is 32.9 Å². The number of fused-ring (bicyclic) bond motifs is 1. The van der Waals surface area contributed by atoms with Crippen LogP contribution in [0.2, 0.25) is 0 Å². The van der Waals surface area contributed by atoms with Gasteiger partial charge in [-0.25, -0.2) is 4.98 Å². The highest BCUT2D eigenvalue weighted by molar-refractivity contribution is 9.10. The van der Waals surface area contributed by atoms with Crippen molar-refractivity contribution in [1.29, 1.82) is 0 Å². The van der Waals surface area contributed by atoms with Gasteiger partial charge in [-0.05, 0) is 42.3 Å². The summed E-state index contributed by atoms with van der Waals surface area (Å²) in [4.78, 5) is 17.1. The molecule has 3 rings (SSSR count). The van der Waals surface area contributed by atoms with E-state index in [2.05, 4.69) is 45.7 Å². The van der Waals surface area contributed by atoms with E-state index < -0.39 is 0 Å². The van der Waals surface area contributed by atoms with Crippen LogP contribution in [0.3, 0.4) is 0 Å². The first-order valence-electron chi connectivity index (χ1n) is 8.56. The minimum atomic E-state index is -0.0883. The van der Waals surface area contributed by atoms with Crippen LogP contribution in [0, 0.1) is 5.92 Å². The van der Waals surface area contributed by atoms with Crippen LogP contribution in [-0.4, -0.2) is 15.5 Å². The second-order valence-electron chi connectivity index (χ2n) is 6.33. The van der Waals surface area contributed by atoms with Crippen molar-refractivity contribution in [2.75, 3.05) is 0 Å². The number of nitrogens with zero attached hydrogens (tertiary/aromatic N) is 2. The van der Waals surface area contributed by atoms with Gasteiger partial charge in [0.25, 0.3) is 5.91 Å². The number of rotatable bonds is 6. The molecule has 0 saturated heterocycles. The molecule has 0 fully saturated rings. The number of amides is 1. The number of aromatic nitrogens is 2. The zero-order chi connectivity index (χ0) is 17.8. The van der Waals surface area contributed by atoms with Gasteiger partial charge in [0, 0.05) is 16.6 Å². The van der Waals surface area contributed by atoms with Crippen molar-refractivity contribution in [3.05, 3.63) is 64.4 Å². The Balaban J connectivity index is 1.81.